The van der Waals surface area contributed by atoms with Gasteiger partial charge < -0.3 is 10.2 Å². The summed E-state index contributed by atoms with van der Waals surface area (Å²) in [6.45, 7) is 7.50. The smallest absolute Gasteiger partial charge is 0.307 e. The molecule has 0 saturated heterocycles. The molecule has 0 aromatic rings. The molecule has 104 valence electrons. The Morgan fingerprint density at radius 2 is 1.11 bits per heavy atom. The van der Waals surface area contributed by atoms with Crippen molar-refractivity contribution in [1.82, 2.24) is 0 Å². The van der Waals surface area contributed by atoms with E-state index in [4.69, 9.17) is 10.2 Å². The van der Waals surface area contributed by atoms with E-state index in [0.29, 0.717) is 12.8 Å². The molecule has 2 N–H and O–H groups in total. The number of allylic oxidation sites excluding steroid dienone is 2. The highest BCUT2D eigenvalue weighted by molar-refractivity contribution is 5.71. The summed E-state index contributed by atoms with van der Waals surface area (Å²) in [5, 5.41) is 18.0. The third-order valence-electron chi connectivity index (χ3n) is 3.19. The molecule has 0 aliphatic carbocycles. The van der Waals surface area contributed by atoms with Gasteiger partial charge in [0.15, 0.2) is 0 Å². The summed E-state index contributed by atoms with van der Waals surface area (Å²) in [6, 6.07) is 0. The maximum Gasteiger partial charge on any atom is 0.307 e. The van der Waals surface area contributed by atoms with E-state index in [2.05, 4.69) is 0 Å². The van der Waals surface area contributed by atoms with Crippen LogP contribution in [0.1, 0.15) is 40.5 Å². The standard InChI is InChI=1S/C14H24O4/c1-9(2)11(13(15)16)7-5-6-8-12(10(3)4)14(17)18/h5-6,9-12H,7-8H2,1-4H3,(H,15,16)(H,17,18)/b6-5+/t11-,12-/m0/s1. The molecule has 0 aromatic heterocycles. The molecule has 0 radical (unpaired) electrons. The minimum Gasteiger partial charge on any atom is -0.481 e. The molecule has 0 aliphatic rings. The van der Waals surface area contributed by atoms with Crippen LogP contribution in [0.3, 0.4) is 0 Å². The molecule has 0 unspecified atom stereocenters. The second kappa shape index (κ2) is 7.90. The third kappa shape index (κ3) is 5.84. The van der Waals surface area contributed by atoms with E-state index in [1.807, 2.05) is 27.7 Å². The van der Waals surface area contributed by atoms with Gasteiger partial charge in [-0.05, 0) is 24.7 Å². The SMILES string of the molecule is CC(C)[C@H](C/C=C/C[C@H](C(=O)O)C(C)C)C(=O)O. The topological polar surface area (TPSA) is 74.6 Å². The van der Waals surface area contributed by atoms with Crippen molar-refractivity contribution in [2.24, 2.45) is 23.7 Å². The first kappa shape index (κ1) is 16.7. The molecule has 0 saturated carbocycles. The lowest BCUT2D eigenvalue weighted by atomic mass is 9.90. The zero-order valence-electron chi connectivity index (χ0n) is 11.6. The molecule has 2 atom stereocenters. The normalized spacial score (nSPS) is 15.2. The first-order chi connectivity index (χ1) is 8.27. The van der Waals surface area contributed by atoms with E-state index < -0.39 is 23.8 Å². The van der Waals surface area contributed by atoms with E-state index in [-0.39, 0.29) is 11.8 Å². The second-order valence-electron chi connectivity index (χ2n) is 5.32. The summed E-state index contributed by atoms with van der Waals surface area (Å²) in [6.07, 6.45) is 4.49. The van der Waals surface area contributed by atoms with Crippen molar-refractivity contribution >= 4 is 11.9 Å². The first-order valence-corrected chi connectivity index (χ1v) is 6.38. The van der Waals surface area contributed by atoms with Crippen LogP contribution >= 0.6 is 0 Å². The molecule has 0 heterocycles. The molecule has 0 bridgehead atoms. The fourth-order valence-electron chi connectivity index (χ4n) is 1.80. The summed E-state index contributed by atoms with van der Waals surface area (Å²) < 4.78 is 0. The molecular formula is C14H24O4. The Hall–Kier alpha value is -1.32. The van der Waals surface area contributed by atoms with Gasteiger partial charge >= 0.3 is 11.9 Å². The Kier molecular flexibility index (Phi) is 7.32. The fourth-order valence-corrected chi connectivity index (χ4v) is 1.80. The van der Waals surface area contributed by atoms with Gasteiger partial charge in [0.25, 0.3) is 0 Å². The van der Waals surface area contributed by atoms with Crippen LogP contribution in [0, 0.1) is 23.7 Å². The van der Waals surface area contributed by atoms with Crippen LogP contribution < -0.4 is 0 Å². The van der Waals surface area contributed by atoms with Crippen LogP contribution in [0.2, 0.25) is 0 Å². The summed E-state index contributed by atoms with van der Waals surface area (Å²) >= 11 is 0. The average molecular weight is 256 g/mol. The molecule has 4 nitrogen and oxygen atoms in total. The highest BCUT2D eigenvalue weighted by Gasteiger charge is 2.21. The lowest BCUT2D eigenvalue weighted by Crippen LogP contribution is -2.19. The number of hydrogen-bond donors (Lipinski definition) is 2. The molecule has 0 rings (SSSR count). The molecule has 0 aromatic carbocycles. The zero-order chi connectivity index (χ0) is 14.3. The van der Waals surface area contributed by atoms with Crippen LogP contribution in [-0.2, 0) is 9.59 Å². The Morgan fingerprint density at radius 1 is 0.833 bits per heavy atom. The van der Waals surface area contributed by atoms with Gasteiger partial charge in [-0.25, -0.2) is 0 Å². The van der Waals surface area contributed by atoms with Crippen LogP contribution in [0.4, 0.5) is 0 Å². The molecule has 0 spiro atoms. The number of carboxylic acids is 2. The van der Waals surface area contributed by atoms with E-state index in [1.54, 1.807) is 12.2 Å². The number of carbonyl (C=O) groups is 2. The minimum absolute atomic E-state index is 0.0764. The summed E-state index contributed by atoms with van der Waals surface area (Å²) in [5.74, 6) is -2.24. The number of aliphatic carboxylic acids is 2. The monoisotopic (exact) mass is 256 g/mol. The predicted molar refractivity (Wildman–Crippen MR) is 70.3 cm³/mol. The van der Waals surface area contributed by atoms with Crippen molar-refractivity contribution in [1.29, 1.82) is 0 Å². The molecule has 0 fully saturated rings. The largest absolute Gasteiger partial charge is 0.481 e. The Bertz CT molecular complexity index is 275. The van der Waals surface area contributed by atoms with E-state index in [1.165, 1.54) is 0 Å². The summed E-state index contributed by atoms with van der Waals surface area (Å²) in [7, 11) is 0. The van der Waals surface area contributed by atoms with Crippen molar-refractivity contribution in [3.8, 4) is 0 Å². The van der Waals surface area contributed by atoms with Crippen LogP contribution in [0.25, 0.3) is 0 Å². The van der Waals surface area contributed by atoms with E-state index in [9.17, 15) is 9.59 Å². The van der Waals surface area contributed by atoms with Crippen molar-refractivity contribution in [2.75, 3.05) is 0 Å². The molecule has 4 heteroatoms. The van der Waals surface area contributed by atoms with Gasteiger partial charge in [-0.3, -0.25) is 9.59 Å². The molecule has 0 amide bonds. The predicted octanol–water partition coefficient (Wildman–Crippen LogP) is 3.04. The van der Waals surface area contributed by atoms with Crippen LogP contribution in [0.5, 0.6) is 0 Å². The van der Waals surface area contributed by atoms with Gasteiger partial charge in [-0.1, -0.05) is 39.8 Å². The Labute approximate surface area is 109 Å². The van der Waals surface area contributed by atoms with E-state index >= 15 is 0 Å². The number of carboxylic acid groups (broad SMARTS) is 2. The highest BCUT2D eigenvalue weighted by atomic mass is 16.4. The average Bonchev–Trinajstić information content (AvgIpc) is 2.20. The minimum atomic E-state index is -0.798. The van der Waals surface area contributed by atoms with Crippen molar-refractivity contribution in [3.05, 3.63) is 12.2 Å². The van der Waals surface area contributed by atoms with Crippen molar-refractivity contribution in [2.45, 2.75) is 40.5 Å². The van der Waals surface area contributed by atoms with Crippen LogP contribution in [0.15, 0.2) is 12.2 Å². The maximum atomic E-state index is 11.0. The maximum absolute atomic E-state index is 11.0. The van der Waals surface area contributed by atoms with Gasteiger partial charge in [0.05, 0.1) is 11.8 Å². The van der Waals surface area contributed by atoms with Gasteiger partial charge in [0.1, 0.15) is 0 Å². The van der Waals surface area contributed by atoms with Crippen molar-refractivity contribution in [3.63, 3.8) is 0 Å². The van der Waals surface area contributed by atoms with E-state index in [0.717, 1.165) is 0 Å². The van der Waals surface area contributed by atoms with Gasteiger partial charge in [0, 0.05) is 0 Å². The number of hydrogen-bond acceptors (Lipinski definition) is 2. The fraction of sp³-hybridized carbons (Fsp3) is 0.714. The lowest BCUT2D eigenvalue weighted by Gasteiger charge is -2.15. The quantitative estimate of drug-likeness (QED) is 0.654. The molecular weight excluding hydrogens is 232 g/mol. The van der Waals surface area contributed by atoms with Gasteiger partial charge in [-0.15, -0.1) is 0 Å². The Morgan fingerprint density at radius 3 is 1.28 bits per heavy atom. The van der Waals surface area contributed by atoms with Gasteiger partial charge in [-0.2, -0.15) is 0 Å². The second-order valence-corrected chi connectivity index (χ2v) is 5.32. The summed E-state index contributed by atoms with van der Waals surface area (Å²) in [4.78, 5) is 21.9. The van der Waals surface area contributed by atoms with Crippen molar-refractivity contribution < 1.29 is 19.8 Å². The number of rotatable bonds is 8. The zero-order valence-corrected chi connectivity index (χ0v) is 11.6. The first-order valence-electron chi connectivity index (χ1n) is 6.38. The molecule has 18 heavy (non-hydrogen) atoms. The van der Waals surface area contributed by atoms with Crippen LogP contribution in [-0.4, -0.2) is 22.2 Å². The summed E-state index contributed by atoms with van der Waals surface area (Å²) in [5.41, 5.74) is 0. The third-order valence-corrected chi connectivity index (χ3v) is 3.19. The Balaban J connectivity index is 4.32. The lowest BCUT2D eigenvalue weighted by molar-refractivity contribution is -0.144. The molecule has 0 aliphatic heterocycles. The van der Waals surface area contributed by atoms with Gasteiger partial charge in [0.2, 0.25) is 0 Å². The highest BCUT2D eigenvalue weighted by Crippen LogP contribution is 2.19.